The van der Waals surface area contributed by atoms with Gasteiger partial charge in [-0.15, -0.1) is 23.7 Å². The van der Waals surface area contributed by atoms with Gasteiger partial charge in [0.15, 0.2) is 0 Å². The number of morpholine rings is 1. The van der Waals surface area contributed by atoms with Crippen LogP contribution in [0.3, 0.4) is 0 Å². The number of thiophene rings is 1. The van der Waals surface area contributed by atoms with E-state index in [1.165, 1.54) is 36.7 Å². The van der Waals surface area contributed by atoms with Gasteiger partial charge in [-0.05, 0) is 48.1 Å². The summed E-state index contributed by atoms with van der Waals surface area (Å²) in [5.41, 5.74) is 1.14. The smallest absolute Gasteiger partial charge is 0.417 e. The van der Waals surface area contributed by atoms with Crippen LogP contribution in [0.2, 0.25) is 5.02 Å². The van der Waals surface area contributed by atoms with Gasteiger partial charge in [0.05, 0.1) is 34.5 Å². The van der Waals surface area contributed by atoms with Crippen molar-refractivity contribution >= 4 is 57.1 Å². The van der Waals surface area contributed by atoms with Gasteiger partial charge in [-0.2, -0.15) is 13.2 Å². The van der Waals surface area contributed by atoms with Crippen molar-refractivity contribution in [2.24, 2.45) is 0 Å². The number of nitrogens with zero attached hydrogens (tertiary/aromatic N) is 1. The maximum absolute atomic E-state index is 13.2. The van der Waals surface area contributed by atoms with Crippen LogP contribution in [0, 0.1) is 0 Å². The van der Waals surface area contributed by atoms with E-state index in [0.717, 1.165) is 12.6 Å². The van der Waals surface area contributed by atoms with Crippen LogP contribution in [0.1, 0.15) is 35.2 Å². The van der Waals surface area contributed by atoms with Crippen LogP contribution in [-0.4, -0.2) is 49.5 Å². The van der Waals surface area contributed by atoms with Crippen molar-refractivity contribution in [3.05, 3.63) is 51.9 Å². The summed E-state index contributed by atoms with van der Waals surface area (Å²) in [5.74, 6) is -1.06. The van der Waals surface area contributed by atoms with E-state index in [1.807, 2.05) is 11.0 Å². The van der Waals surface area contributed by atoms with Gasteiger partial charge in [0, 0.05) is 41.3 Å². The number of rotatable bonds is 6. The molecule has 5 nitrogen and oxygen atoms in total. The number of carboxylic acid groups (broad SMARTS) is 1. The lowest BCUT2D eigenvalue weighted by Gasteiger charge is -2.37. The summed E-state index contributed by atoms with van der Waals surface area (Å²) < 4.78 is 46.0. The van der Waals surface area contributed by atoms with Crippen molar-refractivity contribution in [1.29, 1.82) is 0 Å². The third-order valence-electron chi connectivity index (χ3n) is 6.73. The fourth-order valence-corrected chi connectivity index (χ4v) is 5.87. The van der Waals surface area contributed by atoms with Gasteiger partial charge in [0.1, 0.15) is 0 Å². The molecule has 194 valence electrons. The average molecular weight is 561 g/mol. The van der Waals surface area contributed by atoms with Gasteiger partial charge in [-0.25, -0.2) is 4.79 Å². The topological polar surface area (TPSA) is 61.8 Å². The van der Waals surface area contributed by atoms with Crippen molar-refractivity contribution in [3.63, 3.8) is 0 Å². The highest BCUT2D eigenvalue weighted by Crippen LogP contribution is 2.42. The second kappa shape index (κ2) is 10.8. The zero-order valence-electron chi connectivity index (χ0n) is 19.1. The molecule has 1 aliphatic heterocycles. The van der Waals surface area contributed by atoms with E-state index in [9.17, 15) is 23.1 Å². The average Bonchev–Trinajstić information content (AvgIpc) is 3.19. The van der Waals surface area contributed by atoms with E-state index in [1.54, 1.807) is 17.5 Å². The molecule has 0 spiro atoms. The summed E-state index contributed by atoms with van der Waals surface area (Å²) in [7, 11) is 0. The number of hydrogen-bond acceptors (Lipinski definition) is 5. The molecule has 3 aromatic rings. The Balaban J connectivity index is 0.00000304. The molecule has 1 saturated carbocycles. The van der Waals surface area contributed by atoms with E-state index in [2.05, 4.69) is 5.32 Å². The van der Waals surface area contributed by atoms with Gasteiger partial charge in [-0.1, -0.05) is 24.1 Å². The largest absolute Gasteiger partial charge is 0.478 e. The summed E-state index contributed by atoms with van der Waals surface area (Å²) >= 11 is 7.12. The van der Waals surface area contributed by atoms with E-state index in [-0.39, 0.29) is 29.1 Å². The standard InChI is InChI=1S/C25H24ClF3N2O3S.ClH/c26-21-9-17-19(13-35-23(17)10-20(21)25(27,28)29)14-4-5-22(18(8-14)24(32)33)31-6-7-34-16(12-31)11-30-15-2-1-3-15;/h4-5,8-10,13,15-16,30H,1-3,6-7,11-12H2,(H,32,33);1H/t16-;/m0./s1. The molecule has 5 rings (SSSR count). The van der Waals surface area contributed by atoms with Crippen LogP contribution in [0.4, 0.5) is 18.9 Å². The number of aromatic carboxylic acids is 1. The Bertz CT molecular complexity index is 1260. The number of halogens is 5. The lowest BCUT2D eigenvalue weighted by molar-refractivity contribution is -0.137. The first-order valence-corrected chi connectivity index (χ1v) is 12.7. The minimum Gasteiger partial charge on any atom is -0.478 e. The van der Waals surface area contributed by atoms with Crippen LogP contribution in [0.15, 0.2) is 35.7 Å². The molecule has 1 atom stereocenters. The Morgan fingerprint density at radius 3 is 2.69 bits per heavy atom. The first-order chi connectivity index (χ1) is 16.7. The molecule has 11 heteroatoms. The highest BCUT2D eigenvalue weighted by atomic mass is 35.5. The number of carbonyl (C=O) groups is 1. The Kier molecular flexibility index (Phi) is 8.07. The number of carboxylic acids is 1. The normalized spacial score (nSPS) is 18.7. The van der Waals surface area contributed by atoms with Crippen molar-refractivity contribution in [2.45, 2.75) is 37.6 Å². The summed E-state index contributed by atoms with van der Waals surface area (Å²) in [4.78, 5) is 14.2. The highest BCUT2D eigenvalue weighted by Gasteiger charge is 2.34. The maximum atomic E-state index is 13.2. The Morgan fingerprint density at radius 1 is 1.25 bits per heavy atom. The molecule has 1 aromatic heterocycles. The van der Waals surface area contributed by atoms with Crippen LogP contribution in [0.5, 0.6) is 0 Å². The minimum absolute atomic E-state index is 0. The van der Waals surface area contributed by atoms with E-state index < -0.39 is 17.7 Å². The first kappa shape index (κ1) is 27.0. The summed E-state index contributed by atoms with van der Waals surface area (Å²) in [6.45, 7) is 2.39. The molecule has 0 bridgehead atoms. The molecule has 2 N–H and O–H groups in total. The van der Waals surface area contributed by atoms with Crippen LogP contribution in [-0.2, 0) is 10.9 Å². The number of benzene rings is 2. The number of anilines is 1. The Morgan fingerprint density at radius 2 is 2.03 bits per heavy atom. The zero-order chi connectivity index (χ0) is 24.7. The number of hydrogen-bond donors (Lipinski definition) is 2. The van der Waals surface area contributed by atoms with E-state index in [4.69, 9.17) is 16.3 Å². The predicted octanol–water partition coefficient (Wildman–Crippen LogP) is 6.71. The monoisotopic (exact) mass is 560 g/mol. The molecule has 2 aromatic carbocycles. The fraction of sp³-hybridized carbons (Fsp3) is 0.400. The van der Waals surface area contributed by atoms with Crippen LogP contribution < -0.4 is 10.2 Å². The van der Waals surface area contributed by atoms with Gasteiger partial charge in [0.2, 0.25) is 0 Å². The lowest BCUT2D eigenvalue weighted by Crippen LogP contribution is -2.49. The highest BCUT2D eigenvalue weighted by molar-refractivity contribution is 7.17. The summed E-state index contributed by atoms with van der Waals surface area (Å²) in [6.07, 6.45) is -0.964. The summed E-state index contributed by atoms with van der Waals surface area (Å²) in [6, 6.07) is 8.07. The molecule has 0 amide bonds. The SMILES string of the molecule is Cl.O=C(O)c1cc(-c2csc3cc(C(F)(F)F)c(Cl)cc23)ccc1N1CCO[C@@H](CNC2CCC2)C1. The Hall–Kier alpha value is -2.04. The van der Waals surface area contributed by atoms with Crippen LogP contribution >= 0.6 is 35.3 Å². The zero-order valence-corrected chi connectivity index (χ0v) is 21.5. The third-order valence-corrected chi connectivity index (χ3v) is 7.98. The molecule has 0 radical (unpaired) electrons. The van der Waals surface area contributed by atoms with Crippen LogP contribution in [0.25, 0.3) is 21.2 Å². The molecule has 36 heavy (non-hydrogen) atoms. The molecule has 1 saturated heterocycles. The molecular weight excluding hydrogens is 536 g/mol. The molecule has 2 aliphatic rings. The predicted molar refractivity (Wildman–Crippen MR) is 139 cm³/mol. The summed E-state index contributed by atoms with van der Waals surface area (Å²) in [5, 5.41) is 15.4. The van der Waals surface area contributed by atoms with Gasteiger partial charge in [-0.3, -0.25) is 0 Å². The Labute approximate surface area is 221 Å². The van der Waals surface area contributed by atoms with Crippen molar-refractivity contribution in [3.8, 4) is 11.1 Å². The van der Waals surface area contributed by atoms with Crippen molar-refractivity contribution in [2.75, 3.05) is 31.1 Å². The first-order valence-electron chi connectivity index (χ1n) is 11.5. The minimum atomic E-state index is -4.54. The van der Waals surface area contributed by atoms with Gasteiger partial charge in [0.25, 0.3) is 0 Å². The molecule has 0 unspecified atom stereocenters. The molecular formula is C25H25Cl2F3N2O3S. The maximum Gasteiger partial charge on any atom is 0.417 e. The van der Waals surface area contributed by atoms with Gasteiger partial charge < -0.3 is 20.1 Å². The molecule has 2 heterocycles. The van der Waals surface area contributed by atoms with E-state index >= 15 is 0 Å². The van der Waals surface area contributed by atoms with E-state index in [0.29, 0.717) is 52.6 Å². The molecule has 1 aliphatic carbocycles. The number of fused-ring (bicyclic) bond motifs is 1. The number of nitrogens with one attached hydrogen (secondary N) is 1. The second-order valence-electron chi connectivity index (χ2n) is 8.99. The van der Waals surface area contributed by atoms with Crippen molar-refractivity contribution < 1.29 is 27.8 Å². The van der Waals surface area contributed by atoms with Gasteiger partial charge >= 0.3 is 12.1 Å². The number of alkyl halides is 3. The third kappa shape index (κ3) is 5.45. The fourth-order valence-electron chi connectivity index (χ4n) is 4.61. The lowest BCUT2D eigenvalue weighted by atomic mass is 9.93. The van der Waals surface area contributed by atoms with Crippen molar-refractivity contribution in [1.82, 2.24) is 5.32 Å². The number of ether oxygens (including phenoxy) is 1. The second-order valence-corrected chi connectivity index (χ2v) is 10.3. The quantitative estimate of drug-likeness (QED) is 0.351. The molecule has 2 fully saturated rings.